The van der Waals surface area contributed by atoms with Gasteiger partial charge in [-0.15, -0.1) is 0 Å². The number of nitrogens with zero attached hydrogens (tertiary/aromatic N) is 1. The predicted octanol–water partition coefficient (Wildman–Crippen LogP) is 7.29. The van der Waals surface area contributed by atoms with Crippen LogP contribution >= 0.6 is 43.5 Å². The van der Waals surface area contributed by atoms with E-state index in [-0.39, 0.29) is 5.75 Å². The van der Waals surface area contributed by atoms with E-state index in [1.807, 2.05) is 48.5 Å². The first kappa shape index (κ1) is 18.3. The van der Waals surface area contributed by atoms with Gasteiger partial charge in [0.05, 0.1) is 22.0 Å². The average Bonchev–Trinajstić information content (AvgIpc) is 3.10. The Labute approximate surface area is 178 Å². The second-order valence-electron chi connectivity index (χ2n) is 5.96. The van der Waals surface area contributed by atoms with Gasteiger partial charge in [0.1, 0.15) is 11.6 Å². The van der Waals surface area contributed by atoms with Gasteiger partial charge in [0.25, 0.3) is 0 Å². The van der Waals surface area contributed by atoms with Gasteiger partial charge in [-0.1, -0.05) is 73.8 Å². The van der Waals surface area contributed by atoms with Crippen LogP contribution in [0.5, 0.6) is 5.75 Å². The van der Waals surface area contributed by atoms with Crippen molar-refractivity contribution in [1.82, 2.24) is 9.97 Å². The molecule has 0 fully saturated rings. The van der Waals surface area contributed by atoms with E-state index < -0.39 is 0 Å². The van der Waals surface area contributed by atoms with Gasteiger partial charge in [0.15, 0.2) is 0 Å². The van der Waals surface area contributed by atoms with Crippen molar-refractivity contribution >= 4 is 43.5 Å². The number of hydrogen-bond acceptors (Lipinski definition) is 2. The first-order chi connectivity index (χ1) is 13.0. The first-order valence-corrected chi connectivity index (χ1v) is 10.1. The Morgan fingerprint density at radius 3 is 2.04 bits per heavy atom. The Bertz CT molecular complexity index is 1040. The number of halogens is 3. The number of phenols is 1. The van der Waals surface area contributed by atoms with Crippen LogP contribution in [0.3, 0.4) is 0 Å². The summed E-state index contributed by atoms with van der Waals surface area (Å²) >= 11 is 13.0. The zero-order valence-corrected chi connectivity index (χ0v) is 17.8. The predicted molar refractivity (Wildman–Crippen MR) is 117 cm³/mol. The minimum atomic E-state index is 0.0117. The van der Waals surface area contributed by atoms with E-state index in [9.17, 15) is 5.11 Å². The third kappa shape index (κ3) is 3.68. The number of benzene rings is 3. The number of aromatic hydroxyl groups is 1. The standard InChI is InChI=1S/C21H13Br2ClN2O/c22-14-8-4-12(5-9-14)18-19(13-6-10-15(23)11-7-13)26-21(25-18)16-2-1-3-17(24)20(16)27/h1-11,27H,(H,25,26). The number of rotatable bonds is 3. The van der Waals surface area contributed by atoms with Crippen LogP contribution in [-0.2, 0) is 0 Å². The number of para-hydroxylation sites is 1. The van der Waals surface area contributed by atoms with Crippen LogP contribution in [0.4, 0.5) is 0 Å². The molecule has 3 aromatic carbocycles. The lowest BCUT2D eigenvalue weighted by Gasteiger charge is -2.04. The number of aromatic nitrogens is 2. The largest absolute Gasteiger partial charge is 0.506 e. The van der Waals surface area contributed by atoms with E-state index >= 15 is 0 Å². The molecule has 134 valence electrons. The molecule has 6 heteroatoms. The third-order valence-corrected chi connectivity index (χ3v) is 5.56. The first-order valence-electron chi connectivity index (χ1n) is 8.12. The van der Waals surface area contributed by atoms with Crippen LogP contribution in [0.15, 0.2) is 75.7 Å². The molecule has 0 aliphatic carbocycles. The van der Waals surface area contributed by atoms with Crippen molar-refractivity contribution in [2.24, 2.45) is 0 Å². The van der Waals surface area contributed by atoms with Crippen LogP contribution < -0.4 is 0 Å². The zero-order chi connectivity index (χ0) is 19.0. The van der Waals surface area contributed by atoms with Crippen molar-refractivity contribution in [3.8, 4) is 39.7 Å². The van der Waals surface area contributed by atoms with Gasteiger partial charge >= 0.3 is 0 Å². The lowest BCUT2D eigenvalue weighted by Crippen LogP contribution is -1.83. The summed E-state index contributed by atoms with van der Waals surface area (Å²) in [7, 11) is 0. The summed E-state index contributed by atoms with van der Waals surface area (Å²) in [6.07, 6.45) is 0. The Morgan fingerprint density at radius 2 is 1.41 bits per heavy atom. The summed E-state index contributed by atoms with van der Waals surface area (Å²) in [6, 6.07) is 21.2. The molecule has 2 N–H and O–H groups in total. The monoisotopic (exact) mass is 502 g/mol. The van der Waals surface area contributed by atoms with Crippen molar-refractivity contribution in [2.75, 3.05) is 0 Å². The van der Waals surface area contributed by atoms with Gasteiger partial charge in [-0.3, -0.25) is 0 Å². The fourth-order valence-electron chi connectivity index (χ4n) is 2.85. The quantitative estimate of drug-likeness (QED) is 0.308. The molecule has 4 aromatic rings. The van der Waals surface area contributed by atoms with Crippen LogP contribution in [-0.4, -0.2) is 15.1 Å². The van der Waals surface area contributed by atoms with Gasteiger partial charge in [0.2, 0.25) is 0 Å². The molecule has 0 radical (unpaired) electrons. The Hall–Kier alpha value is -2.08. The van der Waals surface area contributed by atoms with Gasteiger partial charge in [-0.2, -0.15) is 0 Å². The molecule has 1 aromatic heterocycles. The van der Waals surface area contributed by atoms with Crippen molar-refractivity contribution in [1.29, 1.82) is 0 Å². The molecule has 0 unspecified atom stereocenters. The number of hydrogen-bond donors (Lipinski definition) is 2. The van der Waals surface area contributed by atoms with Gasteiger partial charge in [-0.05, 0) is 36.4 Å². The van der Waals surface area contributed by atoms with E-state index in [1.165, 1.54) is 0 Å². The topological polar surface area (TPSA) is 48.9 Å². The molecule has 0 atom stereocenters. The Morgan fingerprint density at radius 1 is 0.815 bits per heavy atom. The highest BCUT2D eigenvalue weighted by Crippen LogP contribution is 2.38. The number of imidazole rings is 1. The highest BCUT2D eigenvalue weighted by molar-refractivity contribution is 9.10. The van der Waals surface area contributed by atoms with Crippen LogP contribution in [0.2, 0.25) is 5.02 Å². The van der Waals surface area contributed by atoms with E-state index in [1.54, 1.807) is 18.2 Å². The molecular formula is C21H13Br2ClN2O. The Balaban J connectivity index is 1.93. The summed E-state index contributed by atoms with van der Waals surface area (Å²) in [5.41, 5.74) is 4.21. The maximum Gasteiger partial charge on any atom is 0.145 e. The molecule has 1 heterocycles. The smallest absolute Gasteiger partial charge is 0.145 e. The van der Waals surface area contributed by atoms with E-state index in [4.69, 9.17) is 16.6 Å². The number of H-pyrrole nitrogens is 1. The van der Waals surface area contributed by atoms with E-state index in [2.05, 4.69) is 36.8 Å². The molecule has 0 saturated carbocycles. The highest BCUT2D eigenvalue weighted by Gasteiger charge is 2.18. The van der Waals surface area contributed by atoms with Crippen LogP contribution in [0.1, 0.15) is 0 Å². The minimum Gasteiger partial charge on any atom is -0.506 e. The molecule has 0 spiro atoms. The maximum absolute atomic E-state index is 10.4. The molecule has 0 bridgehead atoms. The highest BCUT2D eigenvalue weighted by atomic mass is 79.9. The average molecular weight is 505 g/mol. The van der Waals surface area contributed by atoms with Crippen molar-refractivity contribution in [2.45, 2.75) is 0 Å². The Kier molecular flexibility index (Phi) is 5.08. The third-order valence-electron chi connectivity index (χ3n) is 4.20. The SMILES string of the molecule is Oc1c(Cl)cccc1-c1nc(-c2ccc(Br)cc2)c(-c2ccc(Br)cc2)[nH]1. The van der Waals surface area contributed by atoms with Crippen LogP contribution in [0.25, 0.3) is 33.9 Å². The van der Waals surface area contributed by atoms with Crippen molar-refractivity contribution in [3.05, 3.63) is 80.7 Å². The van der Waals surface area contributed by atoms with Crippen molar-refractivity contribution < 1.29 is 5.11 Å². The summed E-state index contributed by atoms with van der Waals surface area (Å²) in [6.45, 7) is 0. The summed E-state index contributed by atoms with van der Waals surface area (Å²) in [4.78, 5) is 8.14. The molecule has 0 aliphatic heterocycles. The maximum atomic E-state index is 10.4. The summed E-state index contributed by atoms with van der Waals surface area (Å²) < 4.78 is 2.00. The molecule has 0 saturated heterocycles. The lowest BCUT2D eigenvalue weighted by atomic mass is 10.1. The second-order valence-corrected chi connectivity index (χ2v) is 8.20. The molecular weight excluding hydrogens is 492 g/mol. The van der Waals surface area contributed by atoms with Gasteiger partial charge < -0.3 is 10.1 Å². The fraction of sp³-hybridized carbons (Fsp3) is 0. The van der Waals surface area contributed by atoms with E-state index in [0.29, 0.717) is 16.4 Å². The number of phenolic OH excluding ortho intramolecular Hbond substituents is 1. The summed E-state index contributed by atoms with van der Waals surface area (Å²) in [5.74, 6) is 0.573. The second kappa shape index (κ2) is 7.50. The molecule has 0 amide bonds. The molecule has 0 aliphatic rings. The van der Waals surface area contributed by atoms with Gasteiger partial charge in [0, 0.05) is 20.1 Å². The number of nitrogens with one attached hydrogen (secondary N) is 1. The molecule has 3 nitrogen and oxygen atoms in total. The summed E-state index contributed by atoms with van der Waals surface area (Å²) in [5, 5.41) is 10.7. The minimum absolute atomic E-state index is 0.0117. The molecule has 4 rings (SSSR count). The van der Waals surface area contributed by atoms with Gasteiger partial charge in [-0.25, -0.2) is 4.98 Å². The number of aromatic amines is 1. The zero-order valence-electron chi connectivity index (χ0n) is 13.9. The lowest BCUT2D eigenvalue weighted by molar-refractivity contribution is 0.477. The molecule has 27 heavy (non-hydrogen) atoms. The van der Waals surface area contributed by atoms with E-state index in [0.717, 1.165) is 31.5 Å². The normalized spacial score (nSPS) is 10.9. The fourth-order valence-corrected chi connectivity index (χ4v) is 3.55. The van der Waals surface area contributed by atoms with Crippen LogP contribution in [0, 0.1) is 0 Å². The van der Waals surface area contributed by atoms with Crippen molar-refractivity contribution in [3.63, 3.8) is 0 Å².